The second-order valence-electron chi connectivity index (χ2n) is 6.10. The molecule has 0 aromatic heterocycles. The Kier molecular flexibility index (Phi) is 3.85. The molecule has 5 nitrogen and oxygen atoms in total. The quantitative estimate of drug-likeness (QED) is 0.678. The first-order chi connectivity index (χ1) is 8.94. The van der Waals surface area contributed by atoms with Crippen LogP contribution in [-0.4, -0.2) is 34.6 Å². The van der Waals surface area contributed by atoms with E-state index in [2.05, 4.69) is 10.6 Å². The molecule has 108 valence electrons. The summed E-state index contributed by atoms with van der Waals surface area (Å²) in [5.74, 6) is -0.981. The van der Waals surface area contributed by atoms with Crippen molar-refractivity contribution in [2.75, 3.05) is 6.54 Å². The van der Waals surface area contributed by atoms with Gasteiger partial charge in [-0.1, -0.05) is 13.3 Å². The van der Waals surface area contributed by atoms with E-state index >= 15 is 0 Å². The highest BCUT2D eigenvalue weighted by atomic mass is 16.4. The topological polar surface area (TPSA) is 78.4 Å². The molecule has 0 aromatic rings. The van der Waals surface area contributed by atoms with Gasteiger partial charge in [0.25, 0.3) is 0 Å². The second kappa shape index (κ2) is 5.12. The van der Waals surface area contributed by atoms with Gasteiger partial charge in [-0.25, -0.2) is 4.79 Å². The van der Waals surface area contributed by atoms with Crippen molar-refractivity contribution in [3.8, 4) is 0 Å². The monoisotopic (exact) mass is 268 g/mol. The maximum atomic E-state index is 12.6. The number of nitrogens with one attached hydrogen (secondary N) is 2. The molecule has 1 heterocycles. The zero-order valence-electron chi connectivity index (χ0n) is 11.8. The van der Waals surface area contributed by atoms with E-state index in [-0.39, 0.29) is 11.8 Å². The number of hydrogen-bond acceptors (Lipinski definition) is 3. The molecule has 0 aromatic carbocycles. The highest BCUT2D eigenvalue weighted by Gasteiger charge is 2.51. The van der Waals surface area contributed by atoms with Crippen LogP contribution in [0.1, 0.15) is 52.4 Å². The first kappa shape index (κ1) is 14.3. The van der Waals surface area contributed by atoms with E-state index in [9.17, 15) is 14.7 Å². The van der Waals surface area contributed by atoms with E-state index in [1.165, 1.54) is 0 Å². The highest BCUT2D eigenvalue weighted by molar-refractivity contribution is 5.92. The average Bonchev–Trinajstić information content (AvgIpc) is 3.11. The van der Waals surface area contributed by atoms with Gasteiger partial charge in [0.05, 0.1) is 5.54 Å². The molecule has 0 spiro atoms. The van der Waals surface area contributed by atoms with Gasteiger partial charge in [-0.05, 0) is 51.5 Å². The lowest BCUT2D eigenvalue weighted by Gasteiger charge is -2.34. The largest absolute Gasteiger partial charge is 0.480 e. The van der Waals surface area contributed by atoms with Crippen LogP contribution in [-0.2, 0) is 9.59 Å². The van der Waals surface area contributed by atoms with Crippen molar-refractivity contribution in [3.05, 3.63) is 0 Å². The Morgan fingerprint density at radius 3 is 2.58 bits per heavy atom. The van der Waals surface area contributed by atoms with Crippen LogP contribution >= 0.6 is 0 Å². The Balaban J connectivity index is 2.12. The van der Waals surface area contributed by atoms with Gasteiger partial charge in [-0.15, -0.1) is 0 Å². The van der Waals surface area contributed by atoms with Crippen molar-refractivity contribution >= 4 is 11.9 Å². The van der Waals surface area contributed by atoms with Crippen LogP contribution in [0, 0.1) is 5.92 Å². The Morgan fingerprint density at radius 2 is 2.16 bits per heavy atom. The zero-order valence-corrected chi connectivity index (χ0v) is 11.8. The lowest BCUT2D eigenvalue weighted by molar-refractivity contribution is -0.149. The average molecular weight is 268 g/mol. The van der Waals surface area contributed by atoms with Crippen LogP contribution in [0.25, 0.3) is 0 Å². The summed E-state index contributed by atoms with van der Waals surface area (Å²) in [7, 11) is 0. The van der Waals surface area contributed by atoms with Crippen molar-refractivity contribution in [2.45, 2.75) is 63.5 Å². The van der Waals surface area contributed by atoms with Crippen molar-refractivity contribution in [1.82, 2.24) is 10.6 Å². The fraction of sp³-hybridized carbons (Fsp3) is 0.857. The van der Waals surface area contributed by atoms with Crippen molar-refractivity contribution in [1.29, 1.82) is 0 Å². The molecule has 2 fully saturated rings. The third kappa shape index (κ3) is 2.61. The molecule has 2 unspecified atom stereocenters. The maximum absolute atomic E-state index is 12.6. The summed E-state index contributed by atoms with van der Waals surface area (Å²) in [6.07, 6.45) is 5.22. The van der Waals surface area contributed by atoms with E-state index in [4.69, 9.17) is 0 Å². The summed E-state index contributed by atoms with van der Waals surface area (Å²) in [6.45, 7) is 4.52. The molecule has 5 heteroatoms. The summed E-state index contributed by atoms with van der Waals surface area (Å²) in [4.78, 5) is 24.1. The SMILES string of the molecule is CCCC1(C(=O)NC(C)(C(=O)O)C2CC2)CCCN1. The number of carbonyl (C=O) groups is 2. The Morgan fingerprint density at radius 1 is 1.47 bits per heavy atom. The molecule has 2 atom stereocenters. The predicted molar refractivity (Wildman–Crippen MR) is 71.8 cm³/mol. The first-order valence-corrected chi connectivity index (χ1v) is 7.25. The molecule has 2 rings (SSSR count). The minimum Gasteiger partial charge on any atom is -0.480 e. The zero-order chi connectivity index (χ0) is 14.1. The standard InChI is InChI=1S/C14H24N2O3/c1-3-7-14(8-4-9-15-14)11(17)16-13(2,12(18)19)10-5-6-10/h10,15H,3-9H2,1-2H3,(H,16,17)(H,18,19). The van der Waals surface area contributed by atoms with E-state index in [1.807, 2.05) is 6.92 Å². The summed E-state index contributed by atoms with van der Waals surface area (Å²) in [5, 5.41) is 15.5. The Bertz CT molecular complexity index is 373. The normalized spacial score (nSPS) is 29.8. The van der Waals surface area contributed by atoms with Crippen LogP contribution in [0.5, 0.6) is 0 Å². The van der Waals surface area contributed by atoms with Crippen LogP contribution in [0.3, 0.4) is 0 Å². The smallest absolute Gasteiger partial charge is 0.329 e. The maximum Gasteiger partial charge on any atom is 0.329 e. The van der Waals surface area contributed by atoms with Crippen LogP contribution < -0.4 is 10.6 Å². The van der Waals surface area contributed by atoms with E-state index in [0.717, 1.165) is 45.1 Å². The summed E-state index contributed by atoms with van der Waals surface area (Å²) in [6, 6.07) is 0. The number of carboxylic acid groups (broad SMARTS) is 1. The van der Waals surface area contributed by atoms with Gasteiger partial charge >= 0.3 is 5.97 Å². The van der Waals surface area contributed by atoms with Gasteiger partial charge in [-0.3, -0.25) is 4.79 Å². The van der Waals surface area contributed by atoms with Gasteiger partial charge in [0.15, 0.2) is 0 Å². The lowest BCUT2D eigenvalue weighted by Crippen LogP contribution is -2.62. The predicted octanol–water partition coefficient (Wildman–Crippen LogP) is 1.28. The molecule has 1 aliphatic heterocycles. The third-order valence-electron chi connectivity index (χ3n) is 4.57. The number of rotatable bonds is 6. The first-order valence-electron chi connectivity index (χ1n) is 7.25. The van der Waals surface area contributed by atoms with Crippen molar-refractivity contribution in [2.24, 2.45) is 5.92 Å². The van der Waals surface area contributed by atoms with Crippen LogP contribution in [0.15, 0.2) is 0 Å². The van der Waals surface area contributed by atoms with Crippen LogP contribution in [0.4, 0.5) is 0 Å². The molecular formula is C14H24N2O3. The summed E-state index contributed by atoms with van der Waals surface area (Å²) < 4.78 is 0. The molecular weight excluding hydrogens is 244 g/mol. The fourth-order valence-corrected chi connectivity index (χ4v) is 3.10. The summed E-state index contributed by atoms with van der Waals surface area (Å²) >= 11 is 0. The molecule has 2 aliphatic rings. The molecule has 1 saturated carbocycles. The van der Waals surface area contributed by atoms with Gasteiger partial charge in [0, 0.05) is 0 Å². The molecule has 3 N–H and O–H groups in total. The molecule has 1 aliphatic carbocycles. The Hall–Kier alpha value is -1.10. The molecule has 0 bridgehead atoms. The minimum atomic E-state index is -1.11. The minimum absolute atomic E-state index is 0.0778. The number of carboxylic acids is 1. The van der Waals surface area contributed by atoms with Gasteiger partial charge in [0.1, 0.15) is 5.54 Å². The highest BCUT2D eigenvalue weighted by Crippen LogP contribution is 2.40. The number of carbonyl (C=O) groups excluding carboxylic acids is 1. The fourth-order valence-electron chi connectivity index (χ4n) is 3.10. The number of hydrogen-bond donors (Lipinski definition) is 3. The van der Waals surface area contributed by atoms with Crippen molar-refractivity contribution in [3.63, 3.8) is 0 Å². The molecule has 1 saturated heterocycles. The molecule has 1 amide bonds. The van der Waals surface area contributed by atoms with Crippen molar-refractivity contribution < 1.29 is 14.7 Å². The van der Waals surface area contributed by atoms with E-state index in [1.54, 1.807) is 6.92 Å². The lowest BCUT2D eigenvalue weighted by atomic mass is 9.88. The van der Waals surface area contributed by atoms with E-state index in [0.29, 0.717) is 0 Å². The van der Waals surface area contributed by atoms with Gasteiger partial charge in [0.2, 0.25) is 5.91 Å². The van der Waals surface area contributed by atoms with E-state index < -0.39 is 17.0 Å². The number of amides is 1. The second-order valence-corrected chi connectivity index (χ2v) is 6.10. The summed E-state index contributed by atoms with van der Waals surface area (Å²) in [5.41, 5.74) is -1.66. The molecule has 19 heavy (non-hydrogen) atoms. The van der Waals surface area contributed by atoms with Crippen LogP contribution in [0.2, 0.25) is 0 Å². The van der Waals surface area contributed by atoms with Gasteiger partial charge in [-0.2, -0.15) is 0 Å². The Labute approximate surface area is 114 Å². The molecule has 0 radical (unpaired) electrons. The van der Waals surface area contributed by atoms with Gasteiger partial charge < -0.3 is 15.7 Å². The number of aliphatic carboxylic acids is 1. The third-order valence-corrected chi connectivity index (χ3v) is 4.57.